The van der Waals surface area contributed by atoms with Gasteiger partial charge in [-0.05, 0) is 0 Å². The summed E-state index contributed by atoms with van der Waals surface area (Å²) in [6.07, 6.45) is -12.7. The molecule has 1 aliphatic rings. The van der Waals surface area contributed by atoms with E-state index < -0.39 is 59.6 Å². The number of sulfonamides is 1. The highest BCUT2D eigenvalue weighted by Crippen LogP contribution is 2.49. The summed E-state index contributed by atoms with van der Waals surface area (Å²) in [5.74, 6) is 0. The highest BCUT2D eigenvalue weighted by Gasteiger charge is 2.75. The monoisotopic (exact) mass is 513 g/mol. The summed E-state index contributed by atoms with van der Waals surface area (Å²) in [7, 11) is -6.54. The van der Waals surface area contributed by atoms with Crippen molar-refractivity contribution in [2.75, 3.05) is 13.2 Å². The van der Waals surface area contributed by atoms with Crippen LogP contribution in [0.5, 0.6) is 0 Å². The van der Waals surface area contributed by atoms with Gasteiger partial charge in [-0.25, -0.2) is 17.4 Å². The molecule has 0 aromatic heterocycles. The second kappa shape index (κ2) is 6.15. The van der Waals surface area contributed by atoms with E-state index in [1.807, 2.05) is 0 Å². The summed E-state index contributed by atoms with van der Waals surface area (Å²) in [4.78, 5) is 0. The van der Waals surface area contributed by atoms with E-state index in [0.717, 1.165) is 0 Å². The number of hydrogen-bond acceptors (Lipinski definition) is 5. The molecule has 138 valence electrons. The third kappa shape index (κ3) is 3.72. The van der Waals surface area contributed by atoms with E-state index in [1.165, 1.54) is 0 Å². The van der Waals surface area contributed by atoms with Crippen LogP contribution < -0.4 is 0 Å². The number of halogens is 9. The van der Waals surface area contributed by atoms with E-state index in [9.17, 15) is 47.8 Å². The Kier molecular flexibility index (Phi) is 5.66. The second-order valence-corrected chi connectivity index (χ2v) is 8.32. The van der Waals surface area contributed by atoms with Gasteiger partial charge in [-0.2, -0.15) is 35.1 Å². The summed E-state index contributed by atoms with van der Waals surface area (Å²) in [6.45, 7) is -1.77. The van der Waals surface area contributed by atoms with Gasteiger partial charge in [0.2, 0.25) is 0 Å². The van der Waals surface area contributed by atoms with Gasteiger partial charge in [0.05, 0.1) is 13.2 Å². The molecule has 0 radical (unpaired) electrons. The highest BCUT2D eigenvalue weighted by molar-refractivity contribution is 14.1. The second-order valence-electron chi connectivity index (χ2n) is 3.72. The van der Waals surface area contributed by atoms with Crippen LogP contribution >= 0.6 is 22.6 Å². The molecule has 0 aromatic rings. The average Bonchev–Trinajstić information content (AvgIpc) is 2.72. The third-order valence-electron chi connectivity index (χ3n) is 2.14. The van der Waals surface area contributed by atoms with Gasteiger partial charge in [0.1, 0.15) is 0 Å². The molecular weight excluding hydrogens is 509 g/mol. The lowest BCUT2D eigenvalue weighted by Gasteiger charge is -2.31. The lowest BCUT2D eigenvalue weighted by molar-refractivity contribution is -0.438. The zero-order valence-corrected chi connectivity index (χ0v) is 13.9. The normalized spacial score (nSPS) is 22.6. The number of ether oxygens (including phenoxy) is 1. The molecule has 1 aliphatic heterocycles. The molecule has 0 saturated carbocycles. The molecule has 1 unspecified atom stereocenters. The summed E-state index contributed by atoms with van der Waals surface area (Å²) in [6, 6.07) is 0. The van der Waals surface area contributed by atoms with Gasteiger partial charge < -0.3 is 0 Å². The van der Waals surface area contributed by atoms with Gasteiger partial charge in [-0.1, -0.05) is 3.71 Å². The molecule has 0 amide bonds. The van der Waals surface area contributed by atoms with Crippen LogP contribution in [0.2, 0.25) is 0 Å². The van der Waals surface area contributed by atoms with Gasteiger partial charge in [0, 0.05) is 22.6 Å². The zero-order chi connectivity index (χ0) is 18.5. The van der Waals surface area contributed by atoms with E-state index in [0.29, 0.717) is 0 Å². The molecule has 17 heteroatoms. The van der Waals surface area contributed by atoms with Crippen molar-refractivity contribution in [2.45, 2.75) is 21.4 Å². The van der Waals surface area contributed by atoms with Gasteiger partial charge in [0.25, 0.3) is 11.3 Å². The molecule has 0 aromatic carbocycles. The van der Waals surface area contributed by atoms with Gasteiger partial charge >= 0.3 is 31.4 Å². The van der Waals surface area contributed by atoms with Crippen molar-refractivity contribution in [2.24, 2.45) is 0 Å². The van der Waals surface area contributed by atoms with Crippen molar-refractivity contribution < 1.29 is 56.7 Å². The SMILES string of the molecule is O=S1OCCN1S(=O)(=O)C(F)(F)C(F)(F)OC(F)(F)C(F)(F)I. The highest BCUT2D eigenvalue weighted by atomic mass is 127. The fourth-order valence-corrected chi connectivity index (χ4v) is 3.70. The van der Waals surface area contributed by atoms with Gasteiger partial charge in [-0.15, -0.1) is 0 Å². The van der Waals surface area contributed by atoms with E-state index in [4.69, 9.17) is 0 Å². The minimum atomic E-state index is -6.57. The number of alkyl halides is 9. The van der Waals surface area contributed by atoms with E-state index in [-0.39, 0.29) is 22.6 Å². The Hall–Kier alpha value is 0.150. The molecule has 23 heavy (non-hydrogen) atoms. The molecule has 0 aliphatic carbocycles. The molecule has 1 atom stereocenters. The van der Waals surface area contributed by atoms with E-state index >= 15 is 0 Å². The first-order valence-electron chi connectivity index (χ1n) is 4.95. The Balaban J connectivity index is 3.22. The Morgan fingerprint density at radius 2 is 1.52 bits per heavy atom. The molecule has 0 bridgehead atoms. The van der Waals surface area contributed by atoms with E-state index in [2.05, 4.69) is 8.92 Å². The van der Waals surface area contributed by atoms with Crippen LogP contribution in [0.15, 0.2) is 0 Å². The average molecular weight is 513 g/mol. The summed E-state index contributed by atoms with van der Waals surface area (Å²) in [5.41, 5.74) is 0. The first-order chi connectivity index (χ1) is 9.97. The van der Waals surface area contributed by atoms with Crippen molar-refractivity contribution in [3.63, 3.8) is 0 Å². The Morgan fingerprint density at radius 1 is 1.04 bits per heavy atom. The number of nitrogens with zero attached hydrogens (tertiary/aromatic N) is 1. The predicted octanol–water partition coefficient (Wildman–Crippen LogP) is 2.05. The first-order valence-corrected chi connectivity index (χ1v) is 8.50. The van der Waals surface area contributed by atoms with Gasteiger partial charge in [0.15, 0.2) is 0 Å². The molecule has 1 heterocycles. The molecule has 0 N–H and O–H groups in total. The van der Waals surface area contributed by atoms with Crippen molar-refractivity contribution in [1.29, 1.82) is 0 Å². The Labute approximate surface area is 139 Å². The van der Waals surface area contributed by atoms with Crippen molar-refractivity contribution >= 4 is 43.9 Å². The van der Waals surface area contributed by atoms with E-state index in [1.54, 1.807) is 0 Å². The molecule has 6 nitrogen and oxygen atoms in total. The van der Waals surface area contributed by atoms with Gasteiger partial charge in [-0.3, -0.25) is 4.18 Å². The summed E-state index contributed by atoms with van der Waals surface area (Å²) >= 11 is -3.48. The smallest absolute Gasteiger partial charge is 0.276 e. The van der Waals surface area contributed by atoms with Crippen LogP contribution in [-0.4, -0.2) is 50.9 Å². The van der Waals surface area contributed by atoms with Crippen molar-refractivity contribution in [3.8, 4) is 0 Å². The van der Waals surface area contributed by atoms with Crippen LogP contribution in [0.3, 0.4) is 0 Å². The largest absolute Gasteiger partial charge is 0.449 e. The fourth-order valence-electron chi connectivity index (χ4n) is 1.07. The zero-order valence-electron chi connectivity index (χ0n) is 10.1. The van der Waals surface area contributed by atoms with Crippen LogP contribution in [0.25, 0.3) is 0 Å². The molecule has 1 fully saturated rings. The van der Waals surface area contributed by atoms with Crippen LogP contribution in [0.1, 0.15) is 0 Å². The molecular formula is C6H4F8INO5S2. The lowest BCUT2D eigenvalue weighted by atomic mass is 10.6. The molecule has 1 rings (SSSR count). The maximum Gasteiger partial charge on any atom is 0.449 e. The summed E-state index contributed by atoms with van der Waals surface area (Å²) in [5, 5.41) is -6.44. The lowest BCUT2D eigenvalue weighted by Crippen LogP contribution is -2.57. The topological polar surface area (TPSA) is 72.9 Å². The van der Waals surface area contributed by atoms with Crippen molar-refractivity contribution in [3.05, 3.63) is 0 Å². The maximum absolute atomic E-state index is 13.4. The number of rotatable bonds is 6. The number of hydrogen-bond donors (Lipinski definition) is 0. The predicted molar refractivity (Wildman–Crippen MR) is 64.6 cm³/mol. The first kappa shape index (κ1) is 21.2. The Morgan fingerprint density at radius 3 is 1.87 bits per heavy atom. The third-order valence-corrected chi connectivity index (χ3v) is 6.21. The Bertz CT molecular complexity index is 592. The van der Waals surface area contributed by atoms with Crippen LogP contribution in [-0.2, 0) is 30.2 Å². The summed E-state index contributed by atoms with van der Waals surface area (Å²) < 4.78 is 137. The van der Waals surface area contributed by atoms with Crippen molar-refractivity contribution in [1.82, 2.24) is 3.71 Å². The standard InChI is InChI=1S/C6H4F8INO5S2/c7-3(8,15)4(9,10)21-5(11,12)6(13,14)23(18,19)16-1-2-20-22(16)17/h1-2H2. The minimum Gasteiger partial charge on any atom is -0.276 e. The van der Waals surface area contributed by atoms with Crippen LogP contribution in [0.4, 0.5) is 35.1 Å². The minimum absolute atomic E-state index is 0.365. The molecule has 0 spiro atoms. The fraction of sp³-hybridized carbons (Fsp3) is 1.00. The van der Waals surface area contributed by atoms with Crippen LogP contribution in [0, 0.1) is 0 Å². The quantitative estimate of drug-likeness (QED) is 0.309. The molecule has 1 saturated heterocycles. The maximum atomic E-state index is 13.4.